The van der Waals surface area contributed by atoms with E-state index >= 15 is 0 Å². The predicted octanol–water partition coefficient (Wildman–Crippen LogP) is 3.25. The van der Waals surface area contributed by atoms with Crippen molar-refractivity contribution in [1.29, 1.82) is 0 Å². The molecular weight excluding hydrogens is 328 g/mol. The number of halogens is 1. The quantitative estimate of drug-likeness (QED) is 0.649. The van der Waals surface area contributed by atoms with Crippen molar-refractivity contribution in [2.45, 2.75) is 77.0 Å². The molecule has 0 radical (unpaired) electrons. The summed E-state index contributed by atoms with van der Waals surface area (Å²) in [4.78, 5) is 23.6. The fourth-order valence-electron chi connectivity index (χ4n) is 4.48. The van der Waals surface area contributed by atoms with Crippen molar-refractivity contribution in [3.63, 3.8) is 0 Å². The van der Waals surface area contributed by atoms with Crippen molar-refractivity contribution in [2.75, 3.05) is 13.1 Å². The van der Waals surface area contributed by atoms with Gasteiger partial charge in [0, 0.05) is 13.0 Å². The van der Waals surface area contributed by atoms with Crippen LogP contribution in [0.4, 0.5) is 0 Å². The topological polar surface area (TPSA) is 92.4 Å². The lowest BCUT2D eigenvalue weighted by Gasteiger charge is -2.38. The molecule has 4 N–H and O–H groups in total. The standard InChI is InChI=1S/C18H32N2O3.ClH/c19-13-17(7-3-1-4-8-17)11-15(21)20-14-18(12-16(22)23)9-5-2-6-10-18;/h1-14,19H2,(H,20,21)(H,22,23);1H. The van der Waals surface area contributed by atoms with Crippen LogP contribution in [0.3, 0.4) is 0 Å². The Morgan fingerprint density at radius 1 is 0.875 bits per heavy atom. The Labute approximate surface area is 151 Å². The molecule has 0 aromatic carbocycles. The van der Waals surface area contributed by atoms with E-state index in [-0.39, 0.29) is 35.6 Å². The summed E-state index contributed by atoms with van der Waals surface area (Å²) < 4.78 is 0. The van der Waals surface area contributed by atoms with Gasteiger partial charge in [-0.05, 0) is 43.1 Å². The third-order valence-corrected chi connectivity index (χ3v) is 5.98. The summed E-state index contributed by atoms with van der Waals surface area (Å²) in [6.45, 7) is 1.07. The average Bonchev–Trinajstić information content (AvgIpc) is 2.54. The zero-order chi connectivity index (χ0) is 16.8. The van der Waals surface area contributed by atoms with E-state index in [1.807, 2.05) is 0 Å². The van der Waals surface area contributed by atoms with Crippen LogP contribution in [0.25, 0.3) is 0 Å². The van der Waals surface area contributed by atoms with Gasteiger partial charge in [0.1, 0.15) is 0 Å². The zero-order valence-corrected chi connectivity index (χ0v) is 15.5. The molecule has 2 rings (SSSR count). The molecule has 0 atom stereocenters. The lowest BCUT2D eigenvalue weighted by atomic mass is 9.70. The van der Waals surface area contributed by atoms with Crippen LogP contribution in [0.1, 0.15) is 77.0 Å². The molecule has 24 heavy (non-hydrogen) atoms. The number of amides is 1. The van der Waals surface area contributed by atoms with E-state index in [0.717, 1.165) is 51.4 Å². The number of nitrogens with two attached hydrogens (primary N) is 1. The number of hydrogen-bond donors (Lipinski definition) is 3. The maximum absolute atomic E-state index is 12.4. The second kappa shape index (κ2) is 9.62. The van der Waals surface area contributed by atoms with E-state index < -0.39 is 5.97 Å². The number of aliphatic carboxylic acids is 1. The molecule has 0 aromatic heterocycles. The minimum absolute atomic E-state index is 0. The highest BCUT2D eigenvalue weighted by Crippen LogP contribution is 2.40. The Morgan fingerprint density at radius 2 is 1.38 bits per heavy atom. The van der Waals surface area contributed by atoms with E-state index in [0.29, 0.717) is 19.5 Å². The molecule has 2 fully saturated rings. The van der Waals surface area contributed by atoms with Crippen LogP contribution in [0.2, 0.25) is 0 Å². The van der Waals surface area contributed by atoms with Crippen LogP contribution in [0.15, 0.2) is 0 Å². The van der Waals surface area contributed by atoms with E-state index in [2.05, 4.69) is 5.32 Å². The third-order valence-electron chi connectivity index (χ3n) is 5.98. The van der Waals surface area contributed by atoms with Gasteiger partial charge in [-0.25, -0.2) is 0 Å². The molecule has 2 aliphatic rings. The van der Waals surface area contributed by atoms with Gasteiger partial charge in [-0.1, -0.05) is 38.5 Å². The van der Waals surface area contributed by atoms with Crippen LogP contribution in [0, 0.1) is 10.8 Å². The molecular formula is C18H33ClN2O3. The Balaban J connectivity index is 0.00000288. The van der Waals surface area contributed by atoms with Crippen molar-refractivity contribution in [3.05, 3.63) is 0 Å². The fourth-order valence-corrected chi connectivity index (χ4v) is 4.48. The molecule has 1 amide bonds. The van der Waals surface area contributed by atoms with Gasteiger partial charge in [0.05, 0.1) is 6.42 Å². The number of rotatable bonds is 7. The highest BCUT2D eigenvalue weighted by Gasteiger charge is 2.36. The van der Waals surface area contributed by atoms with Crippen molar-refractivity contribution >= 4 is 24.3 Å². The van der Waals surface area contributed by atoms with Crippen LogP contribution in [-0.2, 0) is 9.59 Å². The van der Waals surface area contributed by atoms with Gasteiger partial charge in [0.25, 0.3) is 0 Å². The first kappa shape index (κ1) is 21.2. The van der Waals surface area contributed by atoms with Crippen molar-refractivity contribution in [1.82, 2.24) is 5.32 Å². The summed E-state index contributed by atoms with van der Waals surface area (Å²) >= 11 is 0. The Kier molecular flexibility index (Phi) is 8.51. The summed E-state index contributed by atoms with van der Waals surface area (Å²) in [5.41, 5.74) is 5.68. The van der Waals surface area contributed by atoms with Crippen LogP contribution in [-0.4, -0.2) is 30.1 Å². The molecule has 0 bridgehead atoms. The molecule has 0 saturated heterocycles. The average molecular weight is 361 g/mol. The number of carbonyl (C=O) groups excluding carboxylic acids is 1. The Bertz CT molecular complexity index is 416. The smallest absolute Gasteiger partial charge is 0.303 e. The van der Waals surface area contributed by atoms with Crippen LogP contribution >= 0.6 is 12.4 Å². The zero-order valence-electron chi connectivity index (χ0n) is 14.6. The number of carboxylic acid groups (broad SMARTS) is 1. The fraction of sp³-hybridized carbons (Fsp3) is 0.889. The van der Waals surface area contributed by atoms with Gasteiger partial charge >= 0.3 is 5.97 Å². The lowest BCUT2D eigenvalue weighted by molar-refractivity contribution is -0.141. The molecule has 5 nitrogen and oxygen atoms in total. The maximum atomic E-state index is 12.4. The van der Waals surface area contributed by atoms with Crippen LogP contribution in [0.5, 0.6) is 0 Å². The van der Waals surface area contributed by atoms with E-state index in [4.69, 9.17) is 5.73 Å². The van der Waals surface area contributed by atoms with Crippen molar-refractivity contribution in [2.24, 2.45) is 16.6 Å². The number of carbonyl (C=O) groups is 2. The van der Waals surface area contributed by atoms with Gasteiger partial charge in [0.15, 0.2) is 0 Å². The maximum Gasteiger partial charge on any atom is 0.303 e. The monoisotopic (exact) mass is 360 g/mol. The molecule has 2 saturated carbocycles. The molecule has 0 heterocycles. The summed E-state index contributed by atoms with van der Waals surface area (Å²) in [5.74, 6) is -0.709. The molecule has 0 aliphatic heterocycles. The van der Waals surface area contributed by atoms with E-state index in [9.17, 15) is 14.7 Å². The highest BCUT2D eigenvalue weighted by atomic mass is 35.5. The lowest BCUT2D eigenvalue weighted by Crippen LogP contribution is -2.43. The Morgan fingerprint density at radius 3 is 1.83 bits per heavy atom. The van der Waals surface area contributed by atoms with E-state index in [1.54, 1.807) is 0 Å². The summed E-state index contributed by atoms with van der Waals surface area (Å²) in [6, 6.07) is 0. The minimum atomic E-state index is -0.758. The Hall–Kier alpha value is -0.810. The minimum Gasteiger partial charge on any atom is -0.481 e. The van der Waals surface area contributed by atoms with Gasteiger partial charge in [0.2, 0.25) is 5.91 Å². The normalized spacial score (nSPS) is 22.2. The summed E-state index contributed by atoms with van der Waals surface area (Å²) in [5, 5.41) is 12.3. The second-order valence-electron chi connectivity index (χ2n) is 7.85. The molecule has 0 aromatic rings. The highest BCUT2D eigenvalue weighted by molar-refractivity contribution is 5.85. The predicted molar refractivity (Wildman–Crippen MR) is 97.2 cm³/mol. The van der Waals surface area contributed by atoms with Gasteiger partial charge in [-0.15, -0.1) is 12.4 Å². The van der Waals surface area contributed by atoms with E-state index in [1.165, 1.54) is 12.8 Å². The first-order valence-electron chi connectivity index (χ1n) is 9.18. The van der Waals surface area contributed by atoms with Crippen molar-refractivity contribution in [3.8, 4) is 0 Å². The first-order valence-corrected chi connectivity index (χ1v) is 9.18. The largest absolute Gasteiger partial charge is 0.481 e. The van der Waals surface area contributed by atoms with Gasteiger partial charge in [-0.3, -0.25) is 9.59 Å². The molecule has 2 aliphatic carbocycles. The van der Waals surface area contributed by atoms with Crippen molar-refractivity contribution < 1.29 is 14.7 Å². The first-order chi connectivity index (χ1) is 11.0. The third kappa shape index (κ3) is 5.92. The second-order valence-corrected chi connectivity index (χ2v) is 7.85. The summed E-state index contributed by atoms with van der Waals surface area (Å²) in [7, 11) is 0. The molecule has 0 spiro atoms. The SMILES string of the molecule is Cl.NCC1(CC(=O)NCC2(CC(=O)O)CCCCC2)CCCCC1. The van der Waals surface area contributed by atoms with Gasteiger partial charge < -0.3 is 16.2 Å². The number of nitrogens with one attached hydrogen (secondary N) is 1. The molecule has 0 unspecified atom stereocenters. The van der Waals surface area contributed by atoms with Crippen LogP contribution < -0.4 is 11.1 Å². The number of carboxylic acids is 1. The molecule has 6 heteroatoms. The van der Waals surface area contributed by atoms with Gasteiger partial charge in [-0.2, -0.15) is 0 Å². The number of hydrogen-bond acceptors (Lipinski definition) is 3. The molecule has 140 valence electrons. The summed E-state index contributed by atoms with van der Waals surface area (Å²) in [6.07, 6.45) is 11.4.